The zero-order valence-electron chi connectivity index (χ0n) is 14.3. The van der Waals surface area contributed by atoms with Crippen LogP contribution in [0, 0.1) is 5.82 Å². The molecule has 2 aliphatic rings. The molecule has 4 rings (SSSR count). The van der Waals surface area contributed by atoms with Crippen molar-refractivity contribution in [3.05, 3.63) is 72.1 Å². The summed E-state index contributed by atoms with van der Waals surface area (Å²) in [6, 6.07) is 15.5. The Morgan fingerprint density at radius 3 is 2.54 bits per heavy atom. The third-order valence-corrected chi connectivity index (χ3v) is 5.18. The summed E-state index contributed by atoms with van der Waals surface area (Å²) in [7, 11) is 0. The van der Waals surface area contributed by atoms with Crippen LogP contribution < -0.4 is 9.80 Å². The van der Waals surface area contributed by atoms with E-state index in [0.717, 1.165) is 22.8 Å². The first kappa shape index (κ1) is 16.7. The monoisotopic (exact) mass is 351 g/mol. The van der Waals surface area contributed by atoms with E-state index in [-0.39, 0.29) is 24.3 Å². The van der Waals surface area contributed by atoms with Gasteiger partial charge < -0.3 is 4.90 Å². The van der Waals surface area contributed by atoms with Gasteiger partial charge in [0, 0.05) is 6.42 Å². The molecule has 5 heteroatoms. The Balaban J connectivity index is 1.50. The van der Waals surface area contributed by atoms with Crippen LogP contribution in [0.25, 0.3) is 5.57 Å². The lowest BCUT2D eigenvalue weighted by Crippen LogP contribution is -3.17. The summed E-state index contributed by atoms with van der Waals surface area (Å²) in [6.45, 7) is 1.52. The van der Waals surface area contributed by atoms with Crippen molar-refractivity contribution in [3.8, 4) is 0 Å². The molecular formula is C21H20FN2O2+. The molecular weight excluding hydrogens is 331 g/mol. The Bertz CT molecular complexity index is 879. The number of quaternary nitrogens is 1. The Labute approximate surface area is 151 Å². The zero-order valence-corrected chi connectivity index (χ0v) is 14.3. The number of amides is 2. The summed E-state index contributed by atoms with van der Waals surface area (Å²) in [5.41, 5.74) is 2.81. The van der Waals surface area contributed by atoms with Crippen LogP contribution in [0.15, 0.2) is 60.7 Å². The maximum absolute atomic E-state index is 13.5. The van der Waals surface area contributed by atoms with Crippen LogP contribution in [-0.4, -0.2) is 30.9 Å². The van der Waals surface area contributed by atoms with Crippen LogP contribution >= 0.6 is 0 Å². The molecule has 0 saturated carbocycles. The highest BCUT2D eigenvalue weighted by molar-refractivity contribution is 6.21. The number of nitrogens with zero attached hydrogens (tertiary/aromatic N) is 1. The molecule has 2 aromatic rings. The van der Waals surface area contributed by atoms with Gasteiger partial charge in [0.15, 0.2) is 6.04 Å². The van der Waals surface area contributed by atoms with Gasteiger partial charge in [0.1, 0.15) is 5.82 Å². The van der Waals surface area contributed by atoms with Crippen LogP contribution in [0.5, 0.6) is 0 Å². The first-order valence-corrected chi connectivity index (χ1v) is 8.85. The highest BCUT2D eigenvalue weighted by Crippen LogP contribution is 2.23. The Morgan fingerprint density at radius 2 is 1.85 bits per heavy atom. The number of rotatable bonds is 3. The maximum atomic E-state index is 13.5. The molecule has 0 aliphatic carbocycles. The van der Waals surface area contributed by atoms with E-state index in [0.29, 0.717) is 12.2 Å². The molecule has 2 aromatic carbocycles. The average Bonchev–Trinajstić information content (AvgIpc) is 2.97. The van der Waals surface area contributed by atoms with Crippen molar-refractivity contribution >= 4 is 23.1 Å². The summed E-state index contributed by atoms with van der Waals surface area (Å²) in [6.07, 6.45) is 3.22. The Hall–Kier alpha value is -2.79. The molecule has 0 radical (unpaired) electrons. The number of nitrogens with one attached hydrogen (secondary N) is 1. The molecule has 26 heavy (non-hydrogen) atoms. The predicted molar refractivity (Wildman–Crippen MR) is 97.0 cm³/mol. The lowest BCUT2D eigenvalue weighted by molar-refractivity contribution is -0.909. The molecule has 2 aliphatic heterocycles. The van der Waals surface area contributed by atoms with E-state index in [1.54, 1.807) is 6.07 Å². The molecule has 0 spiro atoms. The minimum absolute atomic E-state index is 0.180. The fourth-order valence-electron chi connectivity index (χ4n) is 3.82. The number of imide groups is 1. The van der Waals surface area contributed by atoms with Crippen molar-refractivity contribution in [2.75, 3.05) is 18.0 Å². The van der Waals surface area contributed by atoms with Crippen LogP contribution in [0.1, 0.15) is 18.4 Å². The second-order valence-electron chi connectivity index (χ2n) is 6.76. The molecule has 1 N–H and O–H groups in total. The number of carbonyl (C=O) groups is 2. The van der Waals surface area contributed by atoms with Gasteiger partial charge in [-0.1, -0.05) is 36.4 Å². The van der Waals surface area contributed by atoms with Gasteiger partial charge in [0.25, 0.3) is 5.91 Å². The quantitative estimate of drug-likeness (QED) is 0.858. The van der Waals surface area contributed by atoms with Crippen molar-refractivity contribution in [1.29, 1.82) is 0 Å². The Morgan fingerprint density at radius 1 is 1.04 bits per heavy atom. The molecule has 132 valence electrons. The van der Waals surface area contributed by atoms with E-state index < -0.39 is 5.82 Å². The summed E-state index contributed by atoms with van der Waals surface area (Å²) < 4.78 is 13.5. The van der Waals surface area contributed by atoms with E-state index in [1.807, 2.05) is 18.2 Å². The standard InChI is InChI=1S/C21H19FN2O2/c22-17-7-4-8-18(13-17)24-20(25)14-19(21(24)26)23-11-9-16(10-12-23)15-5-2-1-3-6-15/h1-9,13,19H,10-12,14H2/p+1/t19-/m0/s1. The number of hydrogen-bond donors (Lipinski definition) is 1. The summed E-state index contributed by atoms with van der Waals surface area (Å²) in [5, 5.41) is 0. The number of halogens is 1. The van der Waals surface area contributed by atoms with Gasteiger partial charge in [-0.05, 0) is 35.4 Å². The largest absolute Gasteiger partial charge is 0.321 e. The van der Waals surface area contributed by atoms with E-state index in [9.17, 15) is 14.0 Å². The SMILES string of the molecule is O=C1C[C@H]([NH+]2CC=C(c3ccccc3)CC2)C(=O)N1c1cccc(F)c1. The zero-order chi connectivity index (χ0) is 18.1. The highest BCUT2D eigenvalue weighted by atomic mass is 19.1. The van der Waals surface area contributed by atoms with E-state index >= 15 is 0 Å². The minimum atomic E-state index is -0.452. The molecule has 1 fully saturated rings. The fourth-order valence-corrected chi connectivity index (χ4v) is 3.82. The topological polar surface area (TPSA) is 41.8 Å². The molecule has 1 unspecified atom stereocenters. The second-order valence-corrected chi connectivity index (χ2v) is 6.76. The van der Waals surface area contributed by atoms with Gasteiger partial charge in [-0.25, -0.2) is 9.29 Å². The van der Waals surface area contributed by atoms with Crippen LogP contribution in [0.2, 0.25) is 0 Å². The molecule has 0 bridgehead atoms. The van der Waals surface area contributed by atoms with Gasteiger partial charge >= 0.3 is 0 Å². The molecule has 2 atom stereocenters. The number of hydrogen-bond acceptors (Lipinski definition) is 2. The third-order valence-electron chi connectivity index (χ3n) is 5.18. The molecule has 2 heterocycles. The molecule has 0 aromatic heterocycles. The van der Waals surface area contributed by atoms with E-state index in [2.05, 4.69) is 18.2 Å². The van der Waals surface area contributed by atoms with Gasteiger partial charge in [-0.2, -0.15) is 0 Å². The van der Waals surface area contributed by atoms with Gasteiger partial charge in [-0.15, -0.1) is 0 Å². The number of anilines is 1. The first-order valence-electron chi connectivity index (χ1n) is 8.85. The van der Waals surface area contributed by atoms with Crippen LogP contribution in [0.3, 0.4) is 0 Å². The van der Waals surface area contributed by atoms with Gasteiger partial charge in [0.05, 0.1) is 25.2 Å². The van der Waals surface area contributed by atoms with Gasteiger partial charge in [-0.3, -0.25) is 9.59 Å². The molecule has 2 amide bonds. The fraction of sp³-hybridized carbons (Fsp3) is 0.238. The van der Waals surface area contributed by atoms with Crippen molar-refractivity contribution in [3.63, 3.8) is 0 Å². The van der Waals surface area contributed by atoms with Crippen molar-refractivity contribution < 1.29 is 18.9 Å². The lowest BCUT2D eigenvalue weighted by atomic mass is 9.98. The average molecular weight is 351 g/mol. The number of benzene rings is 2. The second kappa shape index (κ2) is 6.84. The maximum Gasteiger partial charge on any atom is 0.292 e. The third kappa shape index (κ3) is 3.06. The summed E-state index contributed by atoms with van der Waals surface area (Å²) >= 11 is 0. The van der Waals surface area contributed by atoms with Crippen LogP contribution in [-0.2, 0) is 9.59 Å². The summed E-state index contributed by atoms with van der Waals surface area (Å²) in [5.74, 6) is -0.935. The molecule has 4 nitrogen and oxygen atoms in total. The molecule has 1 saturated heterocycles. The summed E-state index contributed by atoms with van der Waals surface area (Å²) in [4.78, 5) is 27.4. The normalized spacial score (nSPS) is 23.3. The van der Waals surface area contributed by atoms with Crippen molar-refractivity contribution in [2.45, 2.75) is 18.9 Å². The van der Waals surface area contributed by atoms with E-state index in [1.165, 1.54) is 29.3 Å². The van der Waals surface area contributed by atoms with Crippen molar-refractivity contribution in [2.24, 2.45) is 0 Å². The smallest absolute Gasteiger partial charge is 0.292 e. The van der Waals surface area contributed by atoms with Crippen LogP contribution in [0.4, 0.5) is 10.1 Å². The highest BCUT2D eigenvalue weighted by Gasteiger charge is 2.45. The Kier molecular flexibility index (Phi) is 4.39. The van der Waals surface area contributed by atoms with E-state index in [4.69, 9.17) is 0 Å². The lowest BCUT2D eigenvalue weighted by Gasteiger charge is -2.27. The first-order chi connectivity index (χ1) is 12.6. The predicted octanol–water partition coefficient (Wildman–Crippen LogP) is 1.83. The number of carbonyl (C=O) groups excluding carboxylic acids is 2. The van der Waals surface area contributed by atoms with Crippen molar-refractivity contribution in [1.82, 2.24) is 0 Å². The minimum Gasteiger partial charge on any atom is -0.321 e. The van der Waals surface area contributed by atoms with Gasteiger partial charge in [0.2, 0.25) is 5.91 Å².